The maximum absolute atomic E-state index is 11.1. The van der Waals surface area contributed by atoms with Crippen LogP contribution in [0.1, 0.15) is 17.5 Å². The smallest absolute Gasteiger partial charge is 0.272 e. The maximum Gasteiger partial charge on any atom is 0.272 e. The van der Waals surface area contributed by atoms with Crippen LogP contribution in [-0.2, 0) is 11.3 Å². The fourth-order valence-corrected chi connectivity index (χ4v) is 4.51. The topological polar surface area (TPSA) is 55.6 Å². The van der Waals surface area contributed by atoms with Gasteiger partial charge in [-0.25, -0.2) is 0 Å². The van der Waals surface area contributed by atoms with Crippen LogP contribution in [0.25, 0.3) is 0 Å². The lowest BCUT2D eigenvalue weighted by molar-refractivity contribution is -0.385. The Bertz CT molecular complexity index is 536. The number of fused-ring (bicyclic) bond motifs is 1. The van der Waals surface area contributed by atoms with Crippen molar-refractivity contribution in [3.05, 3.63) is 39.4 Å². The van der Waals surface area contributed by atoms with Crippen molar-refractivity contribution in [2.45, 2.75) is 31.2 Å². The highest BCUT2D eigenvalue weighted by atomic mass is 32.2. The second-order valence-electron chi connectivity index (χ2n) is 5.69. The van der Waals surface area contributed by atoms with Crippen LogP contribution < -0.4 is 0 Å². The van der Waals surface area contributed by atoms with E-state index in [0.29, 0.717) is 11.3 Å². The van der Waals surface area contributed by atoms with Crippen molar-refractivity contribution in [2.24, 2.45) is 0 Å². The van der Waals surface area contributed by atoms with Crippen LogP contribution in [0.15, 0.2) is 18.2 Å². The van der Waals surface area contributed by atoms with E-state index in [0.717, 1.165) is 49.6 Å². The van der Waals surface area contributed by atoms with Gasteiger partial charge in [-0.2, -0.15) is 11.8 Å². The van der Waals surface area contributed by atoms with Gasteiger partial charge in [0.2, 0.25) is 0 Å². The van der Waals surface area contributed by atoms with Gasteiger partial charge in [-0.1, -0.05) is 12.1 Å². The number of nitrogens with zero attached hydrogens (tertiary/aromatic N) is 2. The van der Waals surface area contributed by atoms with E-state index in [1.807, 2.05) is 23.9 Å². The van der Waals surface area contributed by atoms with Gasteiger partial charge in [0, 0.05) is 48.4 Å². The van der Waals surface area contributed by atoms with Crippen molar-refractivity contribution in [1.82, 2.24) is 4.90 Å². The van der Waals surface area contributed by atoms with Crippen LogP contribution in [0.5, 0.6) is 0 Å². The molecule has 21 heavy (non-hydrogen) atoms. The van der Waals surface area contributed by atoms with Crippen LogP contribution in [0, 0.1) is 17.0 Å². The van der Waals surface area contributed by atoms with Gasteiger partial charge in [0.05, 0.1) is 11.5 Å². The molecule has 114 valence electrons. The molecule has 2 heterocycles. The maximum atomic E-state index is 11.1. The predicted molar refractivity (Wildman–Crippen MR) is 83.7 cm³/mol. The molecule has 1 aromatic rings. The molecule has 0 spiro atoms. The van der Waals surface area contributed by atoms with Crippen molar-refractivity contribution in [1.29, 1.82) is 0 Å². The van der Waals surface area contributed by atoms with Gasteiger partial charge < -0.3 is 4.74 Å². The van der Waals surface area contributed by atoms with Crippen LogP contribution in [0.3, 0.4) is 0 Å². The number of nitro groups is 1. The summed E-state index contributed by atoms with van der Waals surface area (Å²) in [7, 11) is 0. The molecule has 2 fully saturated rings. The average molecular weight is 308 g/mol. The summed E-state index contributed by atoms with van der Waals surface area (Å²) in [6, 6.07) is 6.13. The largest absolute Gasteiger partial charge is 0.380 e. The first-order valence-corrected chi connectivity index (χ1v) is 8.37. The highest BCUT2D eigenvalue weighted by Gasteiger charge is 2.34. The Morgan fingerprint density at radius 3 is 3.19 bits per heavy atom. The molecule has 0 saturated carbocycles. The predicted octanol–water partition coefficient (Wildman–Crippen LogP) is 2.61. The highest BCUT2D eigenvalue weighted by Crippen LogP contribution is 2.31. The third kappa shape index (κ3) is 3.22. The zero-order valence-corrected chi connectivity index (χ0v) is 13.0. The summed E-state index contributed by atoms with van der Waals surface area (Å²) in [6.45, 7) is 5.29. The summed E-state index contributed by atoms with van der Waals surface area (Å²) in [5.41, 5.74) is 1.98. The van der Waals surface area contributed by atoms with Gasteiger partial charge in [-0.15, -0.1) is 0 Å². The zero-order chi connectivity index (χ0) is 14.8. The fourth-order valence-electron chi connectivity index (χ4n) is 3.15. The first kappa shape index (κ1) is 14.8. The SMILES string of the molecule is Cc1ccc(CN2CCS[C@H]3COCC[C@@H]32)cc1[N+](=O)[O-]. The summed E-state index contributed by atoms with van der Waals surface area (Å²) in [5.74, 6) is 1.11. The molecule has 0 bridgehead atoms. The lowest BCUT2D eigenvalue weighted by Crippen LogP contribution is -2.51. The second kappa shape index (κ2) is 6.34. The summed E-state index contributed by atoms with van der Waals surface area (Å²) in [4.78, 5) is 13.2. The number of hydrogen-bond acceptors (Lipinski definition) is 5. The second-order valence-corrected chi connectivity index (χ2v) is 7.04. The highest BCUT2D eigenvalue weighted by molar-refractivity contribution is 8.00. The summed E-state index contributed by atoms with van der Waals surface area (Å²) in [6.07, 6.45) is 1.06. The van der Waals surface area contributed by atoms with Crippen molar-refractivity contribution < 1.29 is 9.66 Å². The Hall–Kier alpha value is -1.11. The molecular formula is C15H20N2O3S. The van der Waals surface area contributed by atoms with Crippen LogP contribution in [0.2, 0.25) is 0 Å². The molecule has 2 atom stereocenters. The van der Waals surface area contributed by atoms with Crippen molar-refractivity contribution in [2.75, 3.05) is 25.5 Å². The molecule has 3 rings (SSSR count). The van der Waals surface area contributed by atoms with E-state index in [-0.39, 0.29) is 10.6 Å². The molecule has 1 aromatic carbocycles. The molecule has 2 aliphatic rings. The first-order chi connectivity index (χ1) is 10.1. The van der Waals surface area contributed by atoms with Gasteiger partial charge in [-0.3, -0.25) is 15.0 Å². The normalized spacial score (nSPS) is 26.3. The summed E-state index contributed by atoms with van der Waals surface area (Å²) < 4.78 is 5.57. The van der Waals surface area contributed by atoms with Crippen LogP contribution >= 0.6 is 11.8 Å². The minimum atomic E-state index is -0.290. The monoisotopic (exact) mass is 308 g/mol. The first-order valence-electron chi connectivity index (χ1n) is 7.32. The van der Waals surface area contributed by atoms with Gasteiger partial charge in [-0.05, 0) is 18.9 Å². The Morgan fingerprint density at radius 2 is 2.38 bits per heavy atom. The van der Waals surface area contributed by atoms with Gasteiger partial charge in [0.25, 0.3) is 5.69 Å². The Morgan fingerprint density at radius 1 is 1.52 bits per heavy atom. The fraction of sp³-hybridized carbons (Fsp3) is 0.600. The molecule has 0 amide bonds. The molecule has 0 unspecified atom stereocenters. The van der Waals surface area contributed by atoms with E-state index in [1.165, 1.54) is 0 Å². The van der Waals surface area contributed by atoms with E-state index in [9.17, 15) is 10.1 Å². The van der Waals surface area contributed by atoms with E-state index in [2.05, 4.69) is 4.90 Å². The van der Waals surface area contributed by atoms with Gasteiger partial charge in [0.1, 0.15) is 0 Å². The molecule has 0 radical (unpaired) electrons. The minimum absolute atomic E-state index is 0.224. The number of aryl methyl sites for hydroxylation is 1. The minimum Gasteiger partial charge on any atom is -0.380 e. The number of ether oxygens (including phenoxy) is 1. The van der Waals surface area contributed by atoms with Crippen LogP contribution in [0.4, 0.5) is 5.69 Å². The summed E-state index contributed by atoms with van der Waals surface area (Å²) in [5, 5.41) is 11.6. The third-order valence-electron chi connectivity index (χ3n) is 4.30. The quantitative estimate of drug-likeness (QED) is 0.634. The summed E-state index contributed by atoms with van der Waals surface area (Å²) >= 11 is 2.00. The third-order valence-corrected chi connectivity index (χ3v) is 5.60. The van der Waals surface area contributed by atoms with Gasteiger partial charge >= 0.3 is 0 Å². The molecular weight excluding hydrogens is 288 g/mol. The standard InChI is InChI=1S/C15H20N2O3S/c1-11-2-3-12(8-14(11)17(18)19)9-16-5-7-21-15-10-20-6-4-13(15)16/h2-3,8,13,15H,4-7,9-10H2,1H3/t13-,15-/m0/s1. The molecule has 6 heteroatoms. The molecule has 2 aliphatic heterocycles. The number of nitro benzene ring substituents is 1. The zero-order valence-electron chi connectivity index (χ0n) is 12.2. The molecule has 0 aliphatic carbocycles. The lowest BCUT2D eigenvalue weighted by atomic mass is 10.0. The molecule has 0 N–H and O–H groups in total. The van der Waals surface area contributed by atoms with E-state index in [4.69, 9.17) is 4.74 Å². The lowest BCUT2D eigenvalue weighted by Gasteiger charge is -2.43. The van der Waals surface area contributed by atoms with Crippen LogP contribution in [-0.4, -0.2) is 46.6 Å². The molecule has 2 saturated heterocycles. The number of benzene rings is 1. The number of rotatable bonds is 3. The molecule has 5 nitrogen and oxygen atoms in total. The van der Waals surface area contributed by atoms with E-state index < -0.39 is 0 Å². The van der Waals surface area contributed by atoms with E-state index >= 15 is 0 Å². The Balaban J connectivity index is 1.76. The van der Waals surface area contributed by atoms with Crippen molar-refractivity contribution in [3.63, 3.8) is 0 Å². The Labute approximate surface area is 128 Å². The van der Waals surface area contributed by atoms with E-state index in [1.54, 1.807) is 13.0 Å². The molecule has 0 aromatic heterocycles. The van der Waals surface area contributed by atoms with Gasteiger partial charge in [0.15, 0.2) is 0 Å². The number of hydrogen-bond donors (Lipinski definition) is 0. The van der Waals surface area contributed by atoms with Crippen molar-refractivity contribution >= 4 is 17.4 Å². The van der Waals surface area contributed by atoms with Crippen molar-refractivity contribution in [3.8, 4) is 0 Å². The average Bonchev–Trinajstić information content (AvgIpc) is 2.49. The Kier molecular flexibility index (Phi) is 4.47. The number of thioether (sulfide) groups is 1.